The first kappa shape index (κ1) is 16.3. The van der Waals surface area contributed by atoms with Gasteiger partial charge in [-0.1, -0.05) is 17.7 Å². The molecule has 9 heteroatoms. The van der Waals surface area contributed by atoms with Crippen molar-refractivity contribution in [2.24, 2.45) is 12.8 Å². The number of aryl methyl sites for hydroxylation is 1. The lowest BCUT2D eigenvalue weighted by atomic mass is 10.1. The molecule has 3 aromatic rings. The maximum Gasteiger partial charge on any atom is 0.230 e. The van der Waals surface area contributed by atoms with E-state index < -0.39 is 5.82 Å². The quantitative estimate of drug-likeness (QED) is 0.753. The van der Waals surface area contributed by atoms with Gasteiger partial charge >= 0.3 is 0 Å². The molecule has 1 aromatic carbocycles. The van der Waals surface area contributed by atoms with Gasteiger partial charge in [-0.2, -0.15) is 10.1 Å². The highest BCUT2D eigenvalue weighted by Crippen LogP contribution is 2.31. The molecular formula is C15H15ClFN7. The highest BCUT2D eigenvalue weighted by atomic mass is 35.5. The summed E-state index contributed by atoms with van der Waals surface area (Å²) < 4.78 is 16.2. The minimum Gasteiger partial charge on any atom is -0.324 e. The fourth-order valence-electron chi connectivity index (χ4n) is 2.19. The maximum atomic E-state index is 14.5. The zero-order valence-corrected chi connectivity index (χ0v) is 13.8. The zero-order chi connectivity index (χ0) is 17.3. The Labute approximate surface area is 142 Å². The number of anilines is 2. The Hall–Kier alpha value is -2.58. The largest absolute Gasteiger partial charge is 0.324 e. The second-order valence-corrected chi connectivity index (χ2v) is 5.66. The van der Waals surface area contributed by atoms with Crippen molar-refractivity contribution in [3.63, 3.8) is 0 Å². The van der Waals surface area contributed by atoms with Gasteiger partial charge in [0.25, 0.3) is 0 Å². The summed E-state index contributed by atoms with van der Waals surface area (Å²) in [6.07, 6.45) is 4.69. The van der Waals surface area contributed by atoms with Crippen LogP contribution in [0.25, 0.3) is 11.4 Å². The van der Waals surface area contributed by atoms with E-state index in [1.165, 1.54) is 6.33 Å². The van der Waals surface area contributed by atoms with Gasteiger partial charge in [0.15, 0.2) is 11.6 Å². The molecule has 3 N–H and O–H groups in total. The van der Waals surface area contributed by atoms with Crippen LogP contribution in [0.3, 0.4) is 0 Å². The molecular weight excluding hydrogens is 333 g/mol. The van der Waals surface area contributed by atoms with E-state index in [0.717, 1.165) is 0 Å². The lowest BCUT2D eigenvalue weighted by molar-refractivity contribution is 0.625. The summed E-state index contributed by atoms with van der Waals surface area (Å²) in [5.74, 6) is -0.156. The van der Waals surface area contributed by atoms with Crippen molar-refractivity contribution >= 4 is 23.2 Å². The van der Waals surface area contributed by atoms with Gasteiger partial charge in [0.05, 0.1) is 22.5 Å². The molecule has 2 heterocycles. The molecule has 0 aliphatic carbocycles. The van der Waals surface area contributed by atoms with Crippen molar-refractivity contribution in [3.05, 3.63) is 47.3 Å². The molecule has 0 spiro atoms. The number of aromatic nitrogens is 5. The molecule has 0 aliphatic heterocycles. The molecule has 0 radical (unpaired) electrons. The molecule has 0 amide bonds. The number of rotatable bonds is 4. The van der Waals surface area contributed by atoms with Crippen LogP contribution >= 0.6 is 11.6 Å². The monoisotopic (exact) mass is 347 g/mol. The first-order chi connectivity index (χ1) is 11.5. The van der Waals surface area contributed by atoms with Crippen LogP contribution in [0, 0.1) is 5.82 Å². The van der Waals surface area contributed by atoms with E-state index in [-0.39, 0.29) is 28.4 Å². The molecule has 1 atom stereocenters. The Morgan fingerprint density at radius 1 is 1.33 bits per heavy atom. The first-order valence-electron chi connectivity index (χ1n) is 7.14. The molecule has 124 valence electrons. The third-order valence-electron chi connectivity index (χ3n) is 3.38. The van der Waals surface area contributed by atoms with Crippen LogP contribution in [0.4, 0.5) is 16.0 Å². The van der Waals surface area contributed by atoms with E-state index in [2.05, 4.69) is 25.4 Å². The third-order valence-corrected chi connectivity index (χ3v) is 3.76. The standard InChI is InChI=1S/C15H15ClFN7/c1-8(18)10-3-4-11(13(17)12(10)16)14-19-7-20-15(23-14)22-9-5-21-24(2)6-9/h3-8H,18H2,1-2H3,(H,19,20,22,23). The Balaban J connectivity index is 1.95. The summed E-state index contributed by atoms with van der Waals surface area (Å²) in [7, 11) is 1.79. The van der Waals surface area contributed by atoms with Crippen molar-refractivity contribution in [2.45, 2.75) is 13.0 Å². The summed E-state index contributed by atoms with van der Waals surface area (Å²) in [4.78, 5) is 12.3. The Bertz CT molecular complexity index is 878. The number of nitrogens with one attached hydrogen (secondary N) is 1. The van der Waals surface area contributed by atoms with Gasteiger partial charge in [-0.25, -0.2) is 14.4 Å². The van der Waals surface area contributed by atoms with Gasteiger partial charge < -0.3 is 11.1 Å². The van der Waals surface area contributed by atoms with Crippen LogP contribution in [0.1, 0.15) is 18.5 Å². The molecule has 0 saturated carbocycles. The number of benzene rings is 1. The average Bonchev–Trinajstić information content (AvgIpc) is 2.95. The Morgan fingerprint density at radius 3 is 2.79 bits per heavy atom. The number of halogens is 2. The maximum absolute atomic E-state index is 14.5. The van der Waals surface area contributed by atoms with E-state index in [9.17, 15) is 4.39 Å². The van der Waals surface area contributed by atoms with Crippen LogP contribution in [-0.4, -0.2) is 24.7 Å². The average molecular weight is 348 g/mol. The van der Waals surface area contributed by atoms with E-state index >= 15 is 0 Å². The van der Waals surface area contributed by atoms with E-state index in [1.54, 1.807) is 43.2 Å². The smallest absolute Gasteiger partial charge is 0.230 e. The van der Waals surface area contributed by atoms with Crippen molar-refractivity contribution in [1.82, 2.24) is 24.7 Å². The molecule has 0 aliphatic rings. The van der Waals surface area contributed by atoms with E-state index in [0.29, 0.717) is 11.3 Å². The normalized spacial score (nSPS) is 12.2. The van der Waals surface area contributed by atoms with Crippen molar-refractivity contribution < 1.29 is 4.39 Å². The summed E-state index contributed by atoms with van der Waals surface area (Å²) in [6, 6.07) is 2.86. The summed E-state index contributed by atoms with van der Waals surface area (Å²) in [6.45, 7) is 1.74. The highest BCUT2D eigenvalue weighted by Gasteiger charge is 2.17. The van der Waals surface area contributed by atoms with Crippen molar-refractivity contribution in [1.29, 1.82) is 0 Å². The minimum absolute atomic E-state index is 0.0234. The topological polar surface area (TPSA) is 94.5 Å². The van der Waals surface area contributed by atoms with Crippen LogP contribution in [0.15, 0.2) is 30.9 Å². The number of hydrogen-bond donors (Lipinski definition) is 2. The van der Waals surface area contributed by atoms with Gasteiger partial charge in [-0.15, -0.1) is 0 Å². The summed E-state index contributed by atoms with van der Waals surface area (Å²) in [5, 5.41) is 6.99. The molecule has 0 fully saturated rings. The number of nitrogens with zero attached hydrogens (tertiary/aromatic N) is 5. The number of hydrogen-bond acceptors (Lipinski definition) is 6. The molecule has 0 bridgehead atoms. The van der Waals surface area contributed by atoms with Crippen molar-refractivity contribution in [2.75, 3.05) is 5.32 Å². The lowest BCUT2D eigenvalue weighted by Crippen LogP contribution is -2.07. The van der Waals surface area contributed by atoms with Crippen LogP contribution in [0.5, 0.6) is 0 Å². The van der Waals surface area contributed by atoms with E-state index in [4.69, 9.17) is 17.3 Å². The molecule has 1 unspecified atom stereocenters. The Morgan fingerprint density at radius 2 is 2.12 bits per heavy atom. The highest BCUT2D eigenvalue weighted by molar-refractivity contribution is 6.31. The summed E-state index contributed by atoms with van der Waals surface area (Å²) in [5.41, 5.74) is 7.19. The molecule has 2 aromatic heterocycles. The van der Waals surface area contributed by atoms with Crippen molar-refractivity contribution in [3.8, 4) is 11.4 Å². The van der Waals surface area contributed by atoms with Crippen LogP contribution in [-0.2, 0) is 7.05 Å². The molecule has 7 nitrogen and oxygen atoms in total. The van der Waals surface area contributed by atoms with Gasteiger partial charge in [0.2, 0.25) is 5.95 Å². The first-order valence-corrected chi connectivity index (χ1v) is 7.52. The van der Waals surface area contributed by atoms with Gasteiger partial charge in [-0.05, 0) is 18.6 Å². The fourth-order valence-corrected chi connectivity index (χ4v) is 2.53. The molecule has 24 heavy (non-hydrogen) atoms. The van der Waals surface area contributed by atoms with Crippen LogP contribution in [0.2, 0.25) is 5.02 Å². The second kappa shape index (κ2) is 6.50. The second-order valence-electron chi connectivity index (χ2n) is 5.28. The lowest BCUT2D eigenvalue weighted by Gasteiger charge is -2.11. The third kappa shape index (κ3) is 3.19. The fraction of sp³-hybridized carbons (Fsp3) is 0.200. The predicted octanol–water partition coefficient (Wildman–Crippen LogP) is 2.83. The zero-order valence-electron chi connectivity index (χ0n) is 13.0. The van der Waals surface area contributed by atoms with Gasteiger partial charge in [0.1, 0.15) is 6.33 Å². The SMILES string of the molecule is CC(N)c1ccc(-c2ncnc(Nc3cnn(C)c3)n2)c(F)c1Cl. The van der Waals surface area contributed by atoms with E-state index in [1.807, 2.05) is 0 Å². The predicted molar refractivity (Wildman–Crippen MR) is 89.3 cm³/mol. The van der Waals surface area contributed by atoms with Crippen LogP contribution < -0.4 is 11.1 Å². The van der Waals surface area contributed by atoms with Gasteiger partial charge in [0, 0.05) is 19.3 Å². The minimum atomic E-state index is -0.606. The Kier molecular flexibility index (Phi) is 4.41. The molecule has 3 rings (SSSR count). The molecule has 0 saturated heterocycles. The van der Waals surface area contributed by atoms with Gasteiger partial charge in [-0.3, -0.25) is 4.68 Å². The summed E-state index contributed by atoms with van der Waals surface area (Å²) >= 11 is 6.06. The number of nitrogens with two attached hydrogens (primary N) is 1.